The highest BCUT2D eigenvalue weighted by molar-refractivity contribution is 7.80. The Balaban J connectivity index is 3.18. The zero-order valence-corrected chi connectivity index (χ0v) is 12.3. The molecule has 1 atom stereocenters. The molecule has 0 heterocycles. The van der Waals surface area contributed by atoms with E-state index in [0.717, 1.165) is 38.6 Å². The first kappa shape index (κ1) is 16.3. The summed E-state index contributed by atoms with van der Waals surface area (Å²) in [6.45, 7) is 10.6. The minimum Gasteiger partial charge on any atom is -0.380 e. The Morgan fingerprint density at radius 3 is 2.31 bits per heavy atom. The SMILES string of the molecule is CC(C)CCCOCCN(C)CCC(C)S. The van der Waals surface area contributed by atoms with Crippen LogP contribution in [0.25, 0.3) is 0 Å². The van der Waals surface area contributed by atoms with E-state index < -0.39 is 0 Å². The minimum atomic E-state index is 0.495. The fourth-order valence-corrected chi connectivity index (χ4v) is 1.55. The van der Waals surface area contributed by atoms with E-state index in [1.54, 1.807) is 0 Å². The van der Waals surface area contributed by atoms with Crippen molar-refractivity contribution in [2.24, 2.45) is 5.92 Å². The second-order valence-electron chi connectivity index (χ2n) is 5.09. The quantitative estimate of drug-likeness (QED) is 0.470. The van der Waals surface area contributed by atoms with Crippen molar-refractivity contribution < 1.29 is 4.74 Å². The number of nitrogens with zero attached hydrogens (tertiary/aromatic N) is 1. The van der Waals surface area contributed by atoms with Crippen LogP contribution in [-0.4, -0.2) is 43.5 Å². The van der Waals surface area contributed by atoms with Gasteiger partial charge in [-0.2, -0.15) is 12.6 Å². The normalized spacial score (nSPS) is 13.7. The van der Waals surface area contributed by atoms with Crippen LogP contribution in [0.2, 0.25) is 0 Å². The molecule has 0 spiro atoms. The zero-order chi connectivity index (χ0) is 12.4. The van der Waals surface area contributed by atoms with Gasteiger partial charge >= 0.3 is 0 Å². The summed E-state index contributed by atoms with van der Waals surface area (Å²) in [4.78, 5) is 2.31. The fourth-order valence-electron chi connectivity index (χ4n) is 1.44. The first-order valence-electron chi connectivity index (χ1n) is 6.46. The molecule has 16 heavy (non-hydrogen) atoms. The maximum absolute atomic E-state index is 5.60. The summed E-state index contributed by atoms with van der Waals surface area (Å²) in [5.74, 6) is 0.795. The number of thiol groups is 1. The molecular formula is C13H29NOS. The molecule has 2 nitrogen and oxygen atoms in total. The van der Waals surface area contributed by atoms with E-state index in [4.69, 9.17) is 4.74 Å². The predicted octanol–water partition coefficient (Wildman–Crippen LogP) is 3.08. The summed E-state index contributed by atoms with van der Waals surface area (Å²) >= 11 is 4.37. The zero-order valence-electron chi connectivity index (χ0n) is 11.4. The van der Waals surface area contributed by atoms with Gasteiger partial charge in [0.2, 0.25) is 0 Å². The molecule has 0 aliphatic carbocycles. The Kier molecular flexibility index (Phi) is 10.6. The lowest BCUT2D eigenvalue weighted by Gasteiger charge is -2.17. The third-order valence-corrected chi connectivity index (χ3v) is 2.87. The molecule has 98 valence electrons. The lowest BCUT2D eigenvalue weighted by Crippen LogP contribution is -2.25. The van der Waals surface area contributed by atoms with Crippen LogP contribution < -0.4 is 0 Å². The van der Waals surface area contributed by atoms with Crippen LogP contribution in [0, 0.1) is 5.92 Å². The van der Waals surface area contributed by atoms with Crippen molar-refractivity contribution in [3.05, 3.63) is 0 Å². The lowest BCUT2D eigenvalue weighted by atomic mass is 10.1. The summed E-state index contributed by atoms with van der Waals surface area (Å²) in [5.41, 5.74) is 0. The molecule has 0 saturated carbocycles. The van der Waals surface area contributed by atoms with Crippen LogP contribution in [0.15, 0.2) is 0 Å². The monoisotopic (exact) mass is 247 g/mol. The Morgan fingerprint density at radius 2 is 1.75 bits per heavy atom. The second kappa shape index (κ2) is 10.4. The first-order chi connectivity index (χ1) is 7.52. The topological polar surface area (TPSA) is 12.5 Å². The van der Waals surface area contributed by atoms with E-state index in [0.29, 0.717) is 5.25 Å². The molecule has 0 radical (unpaired) electrons. The maximum atomic E-state index is 5.60. The van der Waals surface area contributed by atoms with Crippen LogP contribution in [0.5, 0.6) is 0 Å². The van der Waals surface area contributed by atoms with Gasteiger partial charge in [0.15, 0.2) is 0 Å². The third kappa shape index (κ3) is 12.3. The highest BCUT2D eigenvalue weighted by atomic mass is 32.1. The average molecular weight is 247 g/mol. The Labute approximate surface area is 107 Å². The van der Waals surface area contributed by atoms with Gasteiger partial charge in [-0.1, -0.05) is 20.8 Å². The number of ether oxygens (including phenoxy) is 1. The Bertz CT molecular complexity index is 151. The van der Waals surface area contributed by atoms with Gasteiger partial charge in [-0.25, -0.2) is 0 Å². The molecule has 0 aliphatic rings. The van der Waals surface area contributed by atoms with E-state index in [9.17, 15) is 0 Å². The van der Waals surface area contributed by atoms with Gasteiger partial charge in [-0.15, -0.1) is 0 Å². The largest absolute Gasteiger partial charge is 0.380 e. The average Bonchev–Trinajstić information content (AvgIpc) is 2.19. The van der Waals surface area contributed by atoms with E-state index in [-0.39, 0.29) is 0 Å². The number of hydrogen-bond acceptors (Lipinski definition) is 3. The Morgan fingerprint density at radius 1 is 1.06 bits per heavy atom. The molecule has 0 rings (SSSR count). The van der Waals surface area contributed by atoms with Crippen LogP contribution in [-0.2, 0) is 4.74 Å². The molecule has 3 heteroatoms. The molecule has 0 saturated heterocycles. The van der Waals surface area contributed by atoms with Crippen molar-refractivity contribution in [3.8, 4) is 0 Å². The molecular weight excluding hydrogens is 218 g/mol. The van der Waals surface area contributed by atoms with Crippen molar-refractivity contribution in [2.75, 3.05) is 33.4 Å². The molecule has 0 aromatic rings. The van der Waals surface area contributed by atoms with Crippen molar-refractivity contribution in [1.29, 1.82) is 0 Å². The fraction of sp³-hybridized carbons (Fsp3) is 1.00. The number of likely N-dealkylation sites (N-methyl/N-ethyl adjacent to an activating group) is 1. The predicted molar refractivity (Wildman–Crippen MR) is 75.5 cm³/mol. The molecule has 0 aromatic heterocycles. The van der Waals surface area contributed by atoms with Crippen molar-refractivity contribution in [1.82, 2.24) is 4.90 Å². The van der Waals surface area contributed by atoms with Gasteiger partial charge in [0.05, 0.1) is 6.61 Å². The number of rotatable bonds is 10. The lowest BCUT2D eigenvalue weighted by molar-refractivity contribution is 0.106. The van der Waals surface area contributed by atoms with Crippen molar-refractivity contribution >= 4 is 12.6 Å². The van der Waals surface area contributed by atoms with E-state index in [1.165, 1.54) is 12.8 Å². The van der Waals surface area contributed by atoms with Gasteiger partial charge in [-0.3, -0.25) is 0 Å². The van der Waals surface area contributed by atoms with Gasteiger partial charge in [0.1, 0.15) is 0 Å². The van der Waals surface area contributed by atoms with Crippen LogP contribution >= 0.6 is 12.6 Å². The summed E-state index contributed by atoms with van der Waals surface area (Å²) in [5, 5.41) is 0.495. The molecule has 1 unspecified atom stereocenters. The van der Waals surface area contributed by atoms with Crippen LogP contribution in [0.1, 0.15) is 40.0 Å². The highest BCUT2D eigenvalue weighted by Gasteiger charge is 2.01. The van der Waals surface area contributed by atoms with Crippen LogP contribution in [0.3, 0.4) is 0 Å². The van der Waals surface area contributed by atoms with Gasteiger partial charge in [-0.05, 0) is 38.8 Å². The minimum absolute atomic E-state index is 0.495. The molecule has 0 bridgehead atoms. The van der Waals surface area contributed by atoms with Gasteiger partial charge in [0.25, 0.3) is 0 Å². The summed E-state index contributed by atoms with van der Waals surface area (Å²) in [6, 6.07) is 0. The molecule has 0 N–H and O–H groups in total. The summed E-state index contributed by atoms with van der Waals surface area (Å²) in [6.07, 6.45) is 3.61. The van der Waals surface area contributed by atoms with E-state index in [2.05, 4.69) is 45.3 Å². The van der Waals surface area contributed by atoms with Crippen molar-refractivity contribution in [2.45, 2.75) is 45.3 Å². The second-order valence-corrected chi connectivity index (χ2v) is 5.97. The first-order valence-corrected chi connectivity index (χ1v) is 6.98. The van der Waals surface area contributed by atoms with E-state index in [1.807, 2.05) is 0 Å². The van der Waals surface area contributed by atoms with Crippen molar-refractivity contribution in [3.63, 3.8) is 0 Å². The smallest absolute Gasteiger partial charge is 0.0593 e. The molecule has 0 amide bonds. The Hall–Kier alpha value is 0.270. The molecule has 0 fully saturated rings. The summed E-state index contributed by atoms with van der Waals surface area (Å²) in [7, 11) is 2.15. The van der Waals surface area contributed by atoms with Crippen LogP contribution in [0.4, 0.5) is 0 Å². The standard InChI is InChI=1S/C13H29NOS/c1-12(2)6-5-10-15-11-9-14(4)8-7-13(3)16/h12-13,16H,5-11H2,1-4H3. The van der Waals surface area contributed by atoms with Gasteiger partial charge < -0.3 is 9.64 Å². The number of hydrogen-bond donors (Lipinski definition) is 1. The third-order valence-electron chi connectivity index (χ3n) is 2.62. The van der Waals surface area contributed by atoms with Gasteiger partial charge in [0, 0.05) is 18.4 Å². The summed E-state index contributed by atoms with van der Waals surface area (Å²) < 4.78 is 5.60. The van der Waals surface area contributed by atoms with E-state index >= 15 is 0 Å². The maximum Gasteiger partial charge on any atom is 0.0593 e. The molecule has 0 aromatic carbocycles. The molecule has 0 aliphatic heterocycles. The highest BCUT2D eigenvalue weighted by Crippen LogP contribution is 2.03.